The normalized spacial score (nSPS) is 18.0. The van der Waals surface area contributed by atoms with Gasteiger partial charge in [0.2, 0.25) is 0 Å². The van der Waals surface area contributed by atoms with E-state index >= 15 is 0 Å². The van der Waals surface area contributed by atoms with Crippen LogP contribution in [0.5, 0.6) is 0 Å². The molecule has 0 saturated carbocycles. The number of likely N-dealkylation sites (tertiary alicyclic amines) is 1. The number of nitrogens with zero attached hydrogens (tertiary/aromatic N) is 2. The van der Waals surface area contributed by atoms with Crippen molar-refractivity contribution < 1.29 is 13.6 Å². The largest absolute Gasteiger partial charge is 0.331 e. The van der Waals surface area contributed by atoms with Crippen molar-refractivity contribution in [1.82, 2.24) is 9.88 Å². The highest BCUT2D eigenvalue weighted by molar-refractivity contribution is 5.95. The zero-order valence-electron chi connectivity index (χ0n) is 11.3. The van der Waals surface area contributed by atoms with Gasteiger partial charge in [-0.1, -0.05) is 6.07 Å². The molecule has 1 aliphatic heterocycles. The quantitative estimate of drug-likeness (QED) is 0.849. The average Bonchev–Trinajstić information content (AvgIpc) is 2.97. The molecule has 3 rings (SSSR count). The molecule has 21 heavy (non-hydrogen) atoms. The fourth-order valence-electron chi connectivity index (χ4n) is 2.75. The summed E-state index contributed by atoms with van der Waals surface area (Å²) in [6, 6.07) is 6.66. The number of hydrogen-bond donors (Lipinski definition) is 0. The Morgan fingerprint density at radius 3 is 2.86 bits per heavy atom. The second kappa shape index (κ2) is 5.60. The molecule has 0 N–H and O–H groups in total. The molecule has 1 atom stereocenters. The van der Waals surface area contributed by atoms with Crippen molar-refractivity contribution in [3.63, 3.8) is 0 Å². The third kappa shape index (κ3) is 2.63. The number of pyridine rings is 1. The molecule has 1 unspecified atom stereocenters. The predicted octanol–water partition coefficient (Wildman–Crippen LogP) is 3.34. The summed E-state index contributed by atoms with van der Waals surface area (Å²) in [5, 5.41) is 0. The zero-order valence-corrected chi connectivity index (χ0v) is 11.3. The Morgan fingerprint density at radius 2 is 2.14 bits per heavy atom. The average molecular weight is 288 g/mol. The van der Waals surface area contributed by atoms with Crippen molar-refractivity contribution in [2.45, 2.75) is 18.9 Å². The summed E-state index contributed by atoms with van der Waals surface area (Å²) in [7, 11) is 0. The minimum Gasteiger partial charge on any atom is -0.331 e. The summed E-state index contributed by atoms with van der Waals surface area (Å²) in [6.07, 6.45) is 5.07. The van der Waals surface area contributed by atoms with Crippen LogP contribution < -0.4 is 0 Å². The number of carbonyl (C=O) groups excluding carboxylic acids is 1. The van der Waals surface area contributed by atoms with Gasteiger partial charge in [0.25, 0.3) is 5.91 Å². The van der Waals surface area contributed by atoms with E-state index < -0.39 is 17.5 Å². The number of carbonyl (C=O) groups is 1. The van der Waals surface area contributed by atoms with Crippen molar-refractivity contribution >= 4 is 5.91 Å². The highest BCUT2D eigenvalue weighted by Crippen LogP contribution is 2.33. The van der Waals surface area contributed by atoms with Gasteiger partial charge >= 0.3 is 0 Å². The lowest BCUT2D eigenvalue weighted by Gasteiger charge is -2.25. The van der Waals surface area contributed by atoms with E-state index in [0.29, 0.717) is 6.54 Å². The third-order valence-corrected chi connectivity index (χ3v) is 3.74. The van der Waals surface area contributed by atoms with Gasteiger partial charge in [0.05, 0.1) is 11.6 Å². The van der Waals surface area contributed by atoms with Gasteiger partial charge in [-0.3, -0.25) is 9.78 Å². The molecule has 1 aromatic carbocycles. The molecule has 0 spiro atoms. The number of rotatable bonds is 2. The van der Waals surface area contributed by atoms with Crippen LogP contribution in [-0.4, -0.2) is 22.3 Å². The molecule has 1 aliphatic rings. The second-order valence-corrected chi connectivity index (χ2v) is 5.07. The minimum atomic E-state index is -0.822. The van der Waals surface area contributed by atoms with Crippen LogP contribution in [0.2, 0.25) is 0 Å². The van der Waals surface area contributed by atoms with Crippen LogP contribution in [-0.2, 0) is 0 Å². The van der Waals surface area contributed by atoms with E-state index in [2.05, 4.69) is 4.98 Å². The SMILES string of the molecule is O=C(c1ccc(F)cc1F)N1CCCC1c1cccnc1. The summed E-state index contributed by atoms with van der Waals surface area (Å²) in [6.45, 7) is 0.565. The third-order valence-electron chi connectivity index (χ3n) is 3.74. The summed E-state index contributed by atoms with van der Waals surface area (Å²) in [4.78, 5) is 18.2. The Hall–Kier alpha value is -2.30. The Bertz CT molecular complexity index is 661. The predicted molar refractivity (Wildman–Crippen MR) is 73.6 cm³/mol. The molecule has 0 bridgehead atoms. The lowest BCUT2D eigenvalue weighted by molar-refractivity contribution is 0.0730. The summed E-state index contributed by atoms with van der Waals surface area (Å²) >= 11 is 0. The van der Waals surface area contributed by atoms with Gasteiger partial charge in [-0.25, -0.2) is 8.78 Å². The van der Waals surface area contributed by atoms with E-state index in [1.54, 1.807) is 17.3 Å². The molecule has 1 fully saturated rings. The first-order valence-corrected chi connectivity index (χ1v) is 6.83. The monoisotopic (exact) mass is 288 g/mol. The molecule has 5 heteroatoms. The van der Waals surface area contributed by atoms with Crippen molar-refractivity contribution in [2.75, 3.05) is 6.54 Å². The minimum absolute atomic E-state index is 0.0906. The molecule has 0 radical (unpaired) electrons. The highest BCUT2D eigenvalue weighted by atomic mass is 19.1. The number of amides is 1. The van der Waals surface area contributed by atoms with Gasteiger partial charge in [0.1, 0.15) is 11.6 Å². The van der Waals surface area contributed by atoms with Crippen LogP contribution in [0.1, 0.15) is 34.8 Å². The van der Waals surface area contributed by atoms with Crippen molar-refractivity contribution in [3.8, 4) is 0 Å². The van der Waals surface area contributed by atoms with E-state index in [1.165, 1.54) is 6.07 Å². The van der Waals surface area contributed by atoms with Crippen molar-refractivity contribution in [3.05, 3.63) is 65.5 Å². The summed E-state index contributed by atoms with van der Waals surface area (Å²) in [5.41, 5.74) is 0.845. The maximum absolute atomic E-state index is 13.8. The molecule has 0 aliphatic carbocycles. The van der Waals surface area contributed by atoms with Gasteiger partial charge < -0.3 is 4.90 Å². The summed E-state index contributed by atoms with van der Waals surface area (Å²) < 4.78 is 26.7. The fraction of sp³-hybridized carbons (Fsp3) is 0.250. The maximum Gasteiger partial charge on any atom is 0.257 e. The van der Waals surface area contributed by atoms with Gasteiger partial charge in [0.15, 0.2) is 0 Å². The Balaban J connectivity index is 1.90. The Labute approximate surface area is 121 Å². The van der Waals surface area contributed by atoms with Crippen LogP contribution >= 0.6 is 0 Å². The second-order valence-electron chi connectivity index (χ2n) is 5.07. The Morgan fingerprint density at radius 1 is 1.29 bits per heavy atom. The molecule has 1 amide bonds. The first kappa shape index (κ1) is 13.7. The standard InChI is InChI=1S/C16H14F2N2O/c17-12-5-6-13(14(18)9-12)16(21)20-8-2-4-15(20)11-3-1-7-19-10-11/h1,3,5-7,9-10,15H,2,4,8H2. The van der Waals surface area contributed by atoms with Gasteiger partial charge in [0, 0.05) is 25.0 Å². The van der Waals surface area contributed by atoms with Crippen molar-refractivity contribution in [2.24, 2.45) is 0 Å². The van der Waals surface area contributed by atoms with E-state index in [-0.39, 0.29) is 11.6 Å². The number of halogens is 2. The molecular formula is C16H14F2N2O. The van der Waals surface area contributed by atoms with Crippen LogP contribution in [0.4, 0.5) is 8.78 Å². The molecule has 108 valence electrons. The van der Waals surface area contributed by atoms with Crippen molar-refractivity contribution in [1.29, 1.82) is 0 Å². The zero-order chi connectivity index (χ0) is 14.8. The van der Waals surface area contributed by atoms with Crippen LogP contribution in [0, 0.1) is 11.6 Å². The lowest BCUT2D eigenvalue weighted by atomic mass is 10.1. The van der Waals surface area contributed by atoms with Gasteiger partial charge in [-0.2, -0.15) is 0 Å². The van der Waals surface area contributed by atoms with E-state index in [4.69, 9.17) is 0 Å². The molecule has 1 saturated heterocycles. The Kier molecular flexibility index (Phi) is 3.64. The molecule has 2 heterocycles. The molecule has 1 aromatic heterocycles. The van der Waals surface area contributed by atoms with Crippen LogP contribution in [0.3, 0.4) is 0 Å². The first-order chi connectivity index (χ1) is 10.2. The maximum atomic E-state index is 13.8. The van der Waals surface area contributed by atoms with Crippen LogP contribution in [0.25, 0.3) is 0 Å². The number of aromatic nitrogens is 1. The number of hydrogen-bond acceptors (Lipinski definition) is 2. The highest BCUT2D eigenvalue weighted by Gasteiger charge is 2.31. The van der Waals surface area contributed by atoms with E-state index in [9.17, 15) is 13.6 Å². The van der Waals surface area contributed by atoms with E-state index in [0.717, 1.165) is 30.5 Å². The lowest BCUT2D eigenvalue weighted by Crippen LogP contribution is -2.31. The smallest absolute Gasteiger partial charge is 0.257 e. The fourth-order valence-corrected chi connectivity index (χ4v) is 2.75. The number of benzene rings is 1. The van der Waals surface area contributed by atoms with Gasteiger partial charge in [-0.05, 0) is 36.6 Å². The summed E-state index contributed by atoms with van der Waals surface area (Å²) in [5.74, 6) is -1.91. The molecule has 3 nitrogen and oxygen atoms in total. The van der Waals surface area contributed by atoms with Gasteiger partial charge in [-0.15, -0.1) is 0 Å². The topological polar surface area (TPSA) is 33.2 Å². The first-order valence-electron chi connectivity index (χ1n) is 6.83. The molecular weight excluding hydrogens is 274 g/mol. The molecule has 2 aromatic rings. The van der Waals surface area contributed by atoms with Crippen LogP contribution in [0.15, 0.2) is 42.7 Å². The van der Waals surface area contributed by atoms with E-state index in [1.807, 2.05) is 12.1 Å².